The molecule has 1 saturated heterocycles. The van der Waals surface area contributed by atoms with Crippen LogP contribution in [-0.2, 0) is 4.74 Å². The maximum atomic E-state index is 13.0. The summed E-state index contributed by atoms with van der Waals surface area (Å²) in [7, 11) is 0. The van der Waals surface area contributed by atoms with Gasteiger partial charge in [0.05, 0.1) is 30.6 Å². The van der Waals surface area contributed by atoms with Gasteiger partial charge in [-0.3, -0.25) is 9.89 Å². The fourth-order valence-corrected chi connectivity index (χ4v) is 2.74. The van der Waals surface area contributed by atoms with E-state index in [2.05, 4.69) is 15.4 Å². The second-order valence-electron chi connectivity index (χ2n) is 5.75. The van der Waals surface area contributed by atoms with E-state index in [9.17, 15) is 4.79 Å². The van der Waals surface area contributed by atoms with Crippen LogP contribution in [0.4, 0.5) is 0 Å². The summed E-state index contributed by atoms with van der Waals surface area (Å²) in [5.41, 5.74) is 2.15. The number of nitrogens with one attached hydrogen (secondary N) is 1. The minimum atomic E-state index is -0.168. The van der Waals surface area contributed by atoms with Gasteiger partial charge >= 0.3 is 0 Å². The standard InChI is InChI=1S/C15H20N4O3/c1-9(2)14-13(10(3)22-18-14)15(20)19-6-7-21-8-12(19)11-4-5-16-17-11/h4-5,9,12H,6-8H2,1-3H3,(H,16,17)/t12-/m1/s1. The number of morpholine rings is 1. The SMILES string of the molecule is Cc1onc(C(C)C)c1C(=O)N1CCOC[C@@H]1c1ccn[nH]1. The van der Waals surface area contributed by atoms with E-state index in [1.165, 1.54) is 0 Å². The molecule has 7 nitrogen and oxygen atoms in total. The number of ether oxygens (including phenoxy) is 1. The first kappa shape index (κ1) is 14.8. The normalized spacial score (nSPS) is 18.9. The summed E-state index contributed by atoms with van der Waals surface area (Å²) in [6.07, 6.45) is 1.68. The van der Waals surface area contributed by atoms with E-state index < -0.39 is 0 Å². The van der Waals surface area contributed by atoms with Gasteiger partial charge in [-0.25, -0.2) is 0 Å². The van der Waals surface area contributed by atoms with E-state index in [0.717, 1.165) is 5.69 Å². The van der Waals surface area contributed by atoms with Gasteiger partial charge in [0.1, 0.15) is 11.3 Å². The van der Waals surface area contributed by atoms with Crippen molar-refractivity contribution in [3.8, 4) is 0 Å². The largest absolute Gasteiger partial charge is 0.377 e. The molecule has 118 valence electrons. The quantitative estimate of drug-likeness (QED) is 0.938. The molecule has 3 rings (SSSR count). The Morgan fingerprint density at radius 3 is 3.00 bits per heavy atom. The molecule has 0 saturated carbocycles. The van der Waals surface area contributed by atoms with Crippen LogP contribution < -0.4 is 0 Å². The Balaban J connectivity index is 1.94. The average molecular weight is 304 g/mol. The average Bonchev–Trinajstić information content (AvgIpc) is 3.16. The Kier molecular flexibility index (Phi) is 3.98. The molecular formula is C15H20N4O3. The topological polar surface area (TPSA) is 84.2 Å². The number of amides is 1. The lowest BCUT2D eigenvalue weighted by atomic mass is 10.0. The highest BCUT2D eigenvalue weighted by molar-refractivity contribution is 5.96. The smallest absolute Gasteiger partial charge is 0.260 e. The van der Waals surface area contributed by atoms with Crippen LogP contribution in [0.1, 0.15) is 53.3 Å². The highest BCUT2D eigenvalue weighted by Gasteiger charge is 2.34. The maximum absolute atomic E-state index is 13.0. The molecule has 3 heterocycles. The monoisotopic (exact) mass is 304 g/mol. The molecule has 0 aliphatic carbocycles. The van der Waals surface area contributed by atoms with Crippen molar-refractivity contribution in [2.45, 2.75) is 32.7 Å². The summed E-state index contributed by atoms with van der Waals surface area (Å²) in [5.74, 6) is 0.622. The molecule has 0 unspecified atom stereocenters. The van der Waals surface area contributed by atoms with E-state index in [4.69, 9.17) is 9.26 Å². The van der Waals surface area contributed by atoms with Crippen LogP contribution in [0.25, 0.3) is 0 Å². The lowest BCUT2D eigenvalue weighted by Gasteiger charge is -2.35. The molecular weight excluding hydrogens is 284 g/mol. The van der Waals surface area contributed by atoms with Gasteiger partial charge in [-0.1, -0.05) is 19.0 Å². The number of H-pyrrole nitrogens is 1. The number of aryl methyl sites for hydroxylation is 1. The Morgan fingerprint density at radius 2 is 2.32 bits per heavy atom. The lowest BCUT2D eigenvalue weighted by molar-refractivity contribution is -0.00406. The second kappa shape index (κ2) is 5.92. The van der Waals surface area contributed by atoms with Gasteiger partial charge in [0.25, 0.3) is 5.91 Å². The van der Waals surface area contributed by atoms with Crippen molar-refractivity contribution in [1.82, 2.24) is 20.3 Å². The molecule has 0 aromatic carbocycles. The van der Waals surface area contributed by atoms with Gasteiger partial charge in [0.15, 0.2) is 0 Å². The highest BCUT2D eigenvalue weighted by Crippen LogP contribution is 2.28. The number of carbonyl (C=O) groups excluding carboxylic acids is 1. The van der Waals surface area contributed by atoms with Gasteiger partial charge < -0.3 is 14.2 Å². The van der Waals surface area contributed by atoms with Crippen LogP contribution in [0.2, 0.25) is 0 Å². The lowest BCUT2D eigenvalue weighted by Crippen LogP contribution is -2.44. The molecule has 1 atom stereocenters. The van der Waals surface area contributed by atoms with Gasteiger partial charge in [-0.05, 0) is 18.9 Å². The van der Waals surface area contributed by atoms with Crippen molar-refractivity contribution >= 4 is 5.91 Å². The van der Waals surface area contributed by atoms with Crippen molar-refractivity contribution in [2.75, 3.05) is 19.8 Å². The van der Waals surface area contributed by atoms with Crippen LogP contribution in [0.3, 0.4) is 0 Å². The Morgan fingerprint density at radius 1 is 1.50 bits per heavy atom. The molecule has 2 aromatic rings. The Hall–Kier alpha value is -2.15. The third-order valence-electron chi connectivity index (χ3n) is 3.92. The molecule has 22 heavy (non-hydrogen) atoms. The van der Waals surface area contributed by atoms with Crippen LogP contribution >= 0.6 is 0 Å². The Bertz CT molecular complexity index is 648. The minimum absolute atomic E-state index is 0.0645. The summed E-state index contributed by atoms with van der Waals surface area (Å²) in [5, 5.41) is 10.9. The summed E-state index contributed by atoms with van der Waals surface area (Å²) < 4.78 is 10.8. The highest BCUT2D eigenvalue weighted by atomic mass is 16.5. The minimum Gasteiger partial charge on any atom is -0.377 e. The zero-order chi connectivity index (χ0) is 15.7. The van der Waals surface area contributed by atoms with E-state index >= 15 is 0 Å². The first-order valence-electron chi connectivity index (χ1n) is 7.43. The number of carbonyl (C=O) groups is 1. The van der Waals surface area contributed by atoms with E-state index in [1.807, 2.05) is 24.8 Å². The van der Waals surface area contributed by atoms with Crippen molar-refractivity contribution in [2.24, 2.45) is 0 Å². The van der Waals surface area contributed by atoms with E-state index in [1.54, 1.807) is 13.1 Å². The number of rotatable bonds is 3. The molecule has 1 aliphatic rings. The summed E-state index contributed by atoms with van der Waals surface area (Å²) in [6.45, 7) is 7.29. The van der Waals surface area contributed by atoms with Gasteiger partial charge in [0, 0.05) is 12.7 Å². The Labute approximate surface area is 128 Å². The number of aromatic nitrogens is 3. The van der Waals surface area contributed by atoms with Crippen molar-refractivity contribution in [3.05, 3.63) is 35.0 Å². The summed E-state index contributed by atoms with van der Waals surface area (Å²) >= 11 is 0. The molecule has 0 spiro atoms. The molecule has 0 bridgehead atoms. The molecule has 1 aliphatic heterocycles. The van der Waals surface area contributed by atoms with E-state index in [-0.39, 0.29) is 17.9 Å². The number of aromatic amines is 1. The van der Waals surface area contributed by atoms with Crippen molar-refractivity contribution in [1.29, 1.82) is 0 Å². The second-order valence-corrected chi connectivity index (χ2v) is 5.75. The van der Waals surface area contributed by atoms with Crippen LogP contribution in [0.15, 0.2) is 16.8 Å². The van der Waals surface area contributed by atoms with Crippen LogP contribution in [0.5, 0.6) is 0 Å². The fraction of sp³-hybridized carbons (Fsp3) is 0.533. The molecule has 2 aromatic heterocycles. The number of hydrogen-bond acceptors (Lipinski definition) is 5. The summed E-state index contributed by atoms with van der Waals surface area (Å²) in [4.78, 5) is 14.9. The molecule has 7 heteroatoms. The first-order valence-corrected chi connectivity index (χ1v) is 7.43. The molecule has 1 fully saturated rings. The van der Waals surface area contributed by atoms with Gasteiger partial charge in [-0.2, -0.15) is 5.10 Å². The number of hydrogen-bond donors (Lipinski definition) is 1. The number of nitrogens with zero attached hydrogens (tertiary/aromatic N) is 3. The van der Waals surface area contributed by atoms with Crippen LogP contribution in [0, 0.1) is 6.92 Å². The van der Waals surface area contributed by atoms with Gasteiger partial charge in [-0.15, -0.1) is 0 Å². The molecule has 1 N–H and O–H groups in total. The fourth-order valence-electron chi connectivity index (χ4n) is 2.74. The third-order valence-corrected chi connectivity index (χ3v) is 3.92. The first-order chi connectivity index (χ1) is 10.6. The molecule has 0 radical (unpaired) electrons. The third kappa shape index (κ3) is 2.52. The predicted octanol–water partition coefficient (Wildman–Crippen LogP) is 2.04. The predicted molar refractivity (Wildman–Crippen MR) is 78.5 cm³/mol. The summed E-state index contributed by atoms with van der Waals surface area (Å²) in [6, 6.07) is 1.70. The molecule has 1 amide bonds. The maximum Gasteiger partial charge on any atom is 0.260 e. The van der Waals surface area contributed by atoms with Gasteiger partial charge in [0.2, 0.25) is 0 Å². The van der Waals surface area contributed by atoms with Crippen molar-refractivity contribution < 1.29 is 14.1 Å². The van der Waals surface area contributed by atoms with Crippen molar-refractivity contribution in [3.63, 3.8) is 0 Å². The van der Waals surface area contributed by atoms with E-state index in [0.29, 0.717) is 36.8 Å². The van der Waals surface area contributed by atoms with Crippen LogP contribution in [-0.4, -0.2) is 45.9 Å². The zero-order valence-corrected chi connectivity index (χ0v) is 13.0. The zero-order valence-electron chi connectivity index (χ0n) is 13.0.